The molecule has 5 nitrogen and oxygen atoms in total. The van der Waals surface area contributed by atoms with E-state index in [2.05, 4.69) is 10.6 Å². The van der Waals surface area contributed by atoms with Crippen molar-refractivity contribution in [2.24, 2.45) is 0 Å². The third kappa shape index (κ3) is 4.49. The van der Waals surface area contributed by atoms with Gasteiger partial charge in [-0.05, 0) is 49.9 Å². The van der Waals surface area contributed by atoms with E-state index in [9.17, 15) is 9.59 Å². The van der Waals surface area contributed by atoms with Crippen LogP contribution in [-0.4, -0.2) is 36.0 Å². The lowest BCUT2D eigenvalue weighted by Crippen LogP contribution is -2.36. The van der Waals surface area contributed by atoms with E-state index >= 15 is 0 Å². The van der Waals surface area contributed by atoms with Crippen LogP contribution in [0, 0.1) is 0 Å². The average Bonchev–Trinajstić information content (AvgIpc) is 2.94. The van der Waals surface area contributed by atoms with E-state index in [4.69, 9.17) is 0 Å². The predicted molar refractivity (Wildman–Crippen MR) is 95.2 cm³/mol. The maximum absolute atomic E-state index is 12.5. The molecule has 2 N–H and O–H groups in total. The summed E-state index contributed by atoms with van der Waals surface area (Å²) in [5.41, 5.74) is 1.41. The zero-order chi connectivity index (χ0) is 16.8. The highest BCUT2D eigenvalue weighted by Crippen LogP contribution is 2.18. The zero-order valence-electron chi connectivity index (χ0n) is 14.2. The molecule has 0 atom stereocenters. The number of carbonyl (C=O) groups excluding carboxylic acids is 2. The molecule has 1 aliphatic heterocycles. The number of nitrogens with one attached hydrogen (secondary N) is 2. The average molecular weight is 329 g/mol. The number of benzene rings is 1. The quantitative estimate of drug-likeness (QED) is 0.887. The van der Waals surface area contributed by atoms with E-state index < -0.39 is 0 Å². The molecule has 0 aromatic heterocycles. The summed E-state index contributed by atoms with van der Waals surface area (Å²) in [6, 6.07) is 7.36. The minimum atomic E-state index is -0.159. The van der Waals surface area contributed by atoms with Crippen LogP contribution in [0.1, 0.15) is 61.7 Å². The SMILES string of the molecule is O=C(Nc1ccc(C(=O)N2CCCCCC2)cc1)NC1CCCC1. The van der Waals surface area contributed by atoms with E-state index in [0.717, 1.165) is 44.5 Å². The van der Waals surface area contributed by atoms with Crippen LogP contribution in [-0.2, 0) is 0 Å². The van der Waals surface area contributed by atoms with Crippen LogP contribution < -0.4 is 10.6 Å². The molecule has 1 aliphatic carbocycles. The highest BCUT2D eigenvalue weighted by atomic mass is 16.2. The van der Waals surface area contributed by atoms with Crippen molar-refractivity contribution < 1.29 is 9.59 Å². The van der Waals surface area contributed by atoms with Crippen LogP contribution in [0.3, 0.4) is 0 Å². The lowest BCUT2D eigenvalue weighted by atomic mass is 10.1. The molecular weight excluding hydrogens is 302 g/mol. The molecule has 3 rings (SSSR count). The van der Waals surface area contributed by atoms with Crippen LogP contribution in [0.2, 0.25) is 0 Å². The van der Waals surface area contributed by atoms with Gasteiger partial charge in [0.2, 0.25) is 0 Å². The summed E-state index contributed by atoms with van der Waals surface area (Å²) in [5.74, 6) is 0.0962. The minimum absolute atomic E-state index is 0.0962. The van der Waals surface area contributed by atoms with Crippen molar-refractivity contribution in [3.8, 4) is 0 Å². The van der Waals surface area contributed by atoms with Gasteiger partial charge in [0.25, 0.3) is 5.91 Å². The summed E-state index contributed by atoms with van der Waals surface area (Å²) in [5, 5.41) is 5.85. The number of nitrogens with zero attached hydrogens (tertiary/aromatic N) is 1. The first-order valence-corrected chi connectivity index (χ1v) is 9.19. The second kappa shape index (κ2) is 8.18. The van der Waals surface area contributed by atoms with Crippen molar-refractivity contribution in [2.45, 2.75) is 57.4 Å². The summed E-state index contributed by atoms with van der Waals surface area (Å²) in [6.07, 6.45) is 9.12. The molecule has 1 saturated carbocycles. The summed E-state index contributed by atoms with van der Waals surface area (Å²) in [4.78, 5) is 26.5. The molecule has 1 aromatic carbocycles. The summed E-state index contributed by atoms with van der Waals surface area (Å²) in [7, 11) is 0. The van der Waals surface area contributed by atoms with Gasteiger partial charge in [0.05, 0.1) is 0 Å². The number of hydrogen-bond acceptors (Lipinski definition) is 2. The van der Waals surface area contributed by atoms with E-state index in [0.29, 0.717) is 11.6 Å². The molecule has 1 saturated heterocycles. The number of urea groups is 1. The Kier molecular flexibility index (Phi) is 5.72. The molecule has 0 bridgehead atoms. The van der Waals surface area contributed by atoms with Gasteiger partial charge >= 0.3 is 6.03 Å². The number of likely N-dealkylation sites (tertiary alicyclic amines) is 1. The van der Waals surface area contributed by atoms with E-state index in [-0.39, 0.29) is 11.9 Å². The Morgan fingerprint density at radius 2 is 1.50 bits per heavy atom. The molecule has 3 amide bonds. The first kappa shape index (κ1) is 16.8. The van der Waals surface area contributed by atoms with E-state index in [1.807, 2.05) is 4.90 Å². The van der Waals surface area contributed by atoms with Crippen molar-refractivity contribution in [3.63, 3.8) is 0 Å². The molecular formula is C19H27N3O2. The Labute approximate surface area is 143 Å². The Balaban J connectivity index is 1.54. The highest BCUT2D eigenvalue weighted by molar-refractivity contribution is 5.95. The fraction of sp³-hybridized carbons (Fsp3) is 0.579. The maximum atomic E-state index is 12.5. The van der Waals surface area contributed by atoms with Crippen LogP contribution in [0.4, 0.5) is 10.5 Å². The lowest BCUT2D eigenvalue weighted by Gasteiger charge is -2.20. The lowest BCUT2D eigenvalue weighted by molar-refractivity contribution is 0.0761. The Morgan fingerprint density at radius 1 is 0.875 bits per heavy atom. The smallest absolute Gasteiger partial charge is 0.319 e. The van der Waals surface area contributed by atoms with Crippen LogP contribution in [0.25, 0.3) is 0 Å². The van der Waals surface area contributed by atoms with Crippen molar-refractivity contribution in [1.29, 1.82) is 0 Å². The van der Waals surface area contributed by atoms with Gasteiger partial charge in [0.1, 0.15) is 0 Å². The molecule has 5 heteroatoms. The van der Waals surface area contributed by atoms with Gasteiger partial charge in [0.15, 0.2) is 0 Å². The fourth-order valence-corrected chi connectivity index (χ4v) is 3.58. The number of hydrogen-bond donors (Lipinski definition) is 2. The number of rotatable bonds is 3. The van der Waals surface area contributed by atoms with Gasteiger partial charge in [-0.2, -0.15) is 0 Å². The predicted octanol–water partition coefficient (Wildman–Crippen LogP) is 3.77. The van der Waals surface area contributed by atoms with E-state index in [1.54, 1.807) is 24.3 Å². The zero-order valence-corrected chi connectivity index (χ0v) is 14.2. The topological polar surface area (TPSA) is 61.4 Å². The van der Waals surface area contributed by atoms with Crippen molar-refractivity contribution in [2.75, 3.05) is 18.4 Å². The molecule has 1 heterocycles. The molecule has 2 aliphatic rings. The molecule has 24 heavy (non-hydrogen) atoms. The van der Waals surface area contributed by atoms with Crippen LogP contribution in [0.15, 0.2) is 24.3 Å². The van der Waals surface area contributed by atoms with Gasteiger partial charge in [-0.15, -0.1) is 0 Å². The Morgan fingerprint density at radius 3 is 2.12 bits per heavy atom. The second-order valence-corrected chi connectivity index (χ2v) is 6.86. The highest BCUT2D eigenvalue weighted by Gasteiger charge is 2.18. The third-order valence-electron chi connectivity index (χ3n) is 4.97. The first-order valence-electron chi connectivity index (χ1n) is 9.19. The maximum Gasteiger partial charge on any atom is 0.319 e. The monoisotopic (exact) mass is 329 g/mol. The Bertz CT molecular complexity index is 556. The molecule has 0 unspecified atom stereocenters. The number of carbonyl (C=O) groups is 2. The van der Waals surface area contributed by atoms with Crippen molar-refractivity contribution in [1.82, 2.24) is 10.2 Å². The molecule has 1 aromatic rings. The first-order chi connectivity index (χ1) is 11.7. The van der Waals surface area contributed by atoms with Gasteiger partial charge in [0, 0.05) is 30.4 Å². The minimum Gasteiger partial charge on any atom is -0.339 e. The van der Waals surface area contributed by atoms with Gasteiger partial charge in [-0.25, -0.2) is 4.79 Å². The Hall–Kier alpha value is -2.04. The summed E-state index contributed by atoms with van der Waals surface area (Å²) in [6.45, 7) is 1.70. The number of anilines is 1. The largest absolute Gasteiger partial charge is 0.339 e. The third-order valence-corrected chi connectivity index (χ3v) is 4.97. The molecule has 2 fully saturated rings. The van der Waals surface area contributed by atoms with Gasteiger partial charge in [-0.1, -0.05) is 25.7 Å². The summed E-state index contributed by atoms with van der Waals surface area (Å²) >= 11 is 0. The number of amides is 3. The van der Waals surface area contributed by atoms with Gasteiger partial charge < -0.3 is 15.5 Å². The second-order valence-electron chi connectivity index (χ2n) is 6.86. The standard InChI is InChI=1S/C19H27N3O2/c23-18(22-13-5-1-2-6-14-22)15-9-11-17(12-10-15)21-19(24)20-16-7-3-4-8-16/h9-12,16H,1-8,13-14H2,(H2,20,21,24). The van der Waals surface area contributed by atoms with Crippen LogP contribution >= 0.6 is 0 Å². The van der Waals surface area contributed by atoms with E-state index in [1.165, 1.54) is 25.7 Å². The van der Waals surface area contributed by atoms with Gasteiger partial charge in [-0.3, -0.25) is 4.79 Å². The van der Waals surface area contributed by atoms with Crippen LogP contribution in [0.5, 0.6) is 0 Å². The van der Waals surface area contributed by atoms with Crippen molar-refractivity contribution >= 4 is 17.6 Å². The van der Waals surface area contributed by atoms with Crippen molar-refractivity contribution in [3.05, 3.63) is 29.8 Å². The summed E-state index contributed by atoms with van der Waals surface area (Å²) < 4.78 is 0. The molecule has 130 valence electrons. The molecule has 0 spiro atoms. The normalized spacial score (nSPS) is 18.9. The fourth-order valence-electron chi connectivity index (χ4n) is 3.58. The molecule has 0 radical (unpaired) electrons.